The van der Waals surface area contributed by atoms with Gasteiger partial charge in [-0.15, -0.1) is 12.4 Å². The molecule has 0 unspecified atom stereocenters. The summed E-state index contributed by atoms with van der Waals surface area (Å²) in [6, 6.07) is 0.358. The van der Waals surface area contributed by atoms with Gasteiger partial charge in [0.2, 0.25) is 11.8 Å². The number of hydrogen-bond acceptors (Lipinski definition) is 4. The van der Waals surface area contributed by atoms with Crippen molar-refractivity contribution in [2.24, 2.45) is 11.7 Å². The standard InChI is InChI=1S/C16H30N4O2.ClH/c1-13-2-4-14(5-3-13)18-15(21)12-19-8-10-20(11-9-19)16(22)6-7-17;/h13-14H,2-12,17H2,1H3,(H,18,21);1H. The maximum atomic E-state index is 12.1. The fourth-order valence-corrected chi connectivity index (χ4v) is 3.32. The second-order valence-electron chi connectivity index (χ2n) is 6.72. The van der Waals surface area contributed by atoms with Crippen LogP contribution in [-0.4, -0.2) is 66.9 Å². The molecule has 3 N–H and O–H groups in total. The summed E-state index contributed by atoms with van der Waals surface area (Å²) in [4.78, 5) is 27.9. The zero-order valence-corrected chi connectivity index (χ0v) is 14.9. The third-order valence-electron chi connectivity index (χ3n) is 4.83. The summed E-state index contributed by atoms with van der Waals surface area (Å²) in [5.41, 5.74) is 5.42. The Morgan fingerprint density at radius 1 is 1.09 bits per heavy atom. The van der Waals surface area contributed by atoms with Crippen LogP contribution in [0.1, 0.15) is 39.0 Å². The van der Waals surface area contributed by atoms with Crippen molar-refractivity contribution in [3.8, 4) is 0 Å². The second-order valence-corrected chi connectivity index (χ2v) is 6.72. The molecule has 0 aromatic rings. The fraction of sp³-hybridized carbons (Fsp3) is 0.875. The normalized spacial score (nSPS) is 25.6. The summed E-state index contributed by atoms with van der Waals surface area (Å²) in [7, 11) is 0. The van der Waals surface area contributed by atoms with Crippen molar-refractivity contribution in [2.75, 3.05) is 39.3 Å². The molecule has 0 aromatic carbocycles. The molecular formula is C16H31ClN4O2. The molecular weight excluding hydrogens is 316 g/mol. The average Bonchev–Trinajstić information content (AvgIpc) is 2.50. The molecule has 0 bridgehead atoms. The molecule has 0 atom stereocenters. The molecule has 1 saturated heterocycles. The summed E-state index contributed by atoms with van der Waals surface area (Å²) < 4.78 is 0. The SMILES string of the molecule is CC1CCC(NC(=O)CN2CCN(C(=O)CCN)CC2)CC1.Cl. The molecule has 1 aliphatic heterocycles. The molecule has 7 heteroatoms. The van der Waals surface area contributed by atoms with Crippen LogP contribution in [-0.2, 0) is 9.59 Å². The molecule has 23 heavy (non-hydrogen) atoms. The molecule has 134 valence electrons. The number of nitrogens with zero attached hydrogens (tertiary/aromatic N) is 2. The highest BCUT2D eigenvalue weighted by atomic mass is 35.5. The van der Waals surface area contributed by atoms with Crippen LogP contribution in [0.4, 0.5) is 0 Å². The Hall–Kier alpha value is -0.850. The molecule has 0 radical (unpaired) electrons. The topological polar surface area (TPSA) is 78.7 Å². The van der Waals surface area contributed by atoms with E-state index in [0.717, 1.165) is 31.8 Å². The van der Waals surface area contributed by atoms with Crippen LogP contribution in [0.2, 0.25) is 0 Å². The van der Waals surface area contributed by atoms with Gasteiger partial charge < -0.3 is 16.0 Å². The number of rotatable bonds is 5. The predicted octanol–water partition coefficient (Wildman–Crippen LogP) is 0.596. The molecule has 1 saturated carbocycles. The van der Waals surface area contributed by atoms with E-state index in [1.165, 1.54) is 12.8 Å². The van der Waals surface area contributed by atoms with E-state index in [1.54, 1.807) is 0 Å². The van der Waals surface area contributed by atoms with Crippen LogP contribution in [0.3, 0.4) is 0 Å². The van der Waals surface area contributed by atoms with Gasteiger partial charge in [0.15, 0.2) is 0 Å². The first kappa shape index (κ1) is 20.2. The third-order valence-corrected chi connectivity index (χ3v) is 4.83. The molecule has 0 spiro atoms. The first-order valence-electron chi connectivity index (χ1n) is 8.58. The molecule has 1 aliphatic carbocycles. The van der Waals surface area contributed by atoms with Crippen molar-refractivity contribution in [3.05, 3.63) is 0 Å². The number of amides is 2. The van der Waals surface area contributed by atoms with E-state index in [2.05, 4.69) is 17.1 Å². The minimum Gasteiger partial charge on any atom is -0.352 e. The largest absolute Gasteiger partial charge is 0.352 e. The number of carbonyl (C=O) groups excluding carboxylic acids is 2. The van der Waals surface area contributed by atoms with Crippen LogP contribution < -0.4 is 11.1 Å². The summed E-state index contributed by atoms with van der Waals surface area (Å²) >= 11 is 0. The molecule has 0 aromatic heterocycles. The van der Waals surface area contributed by atoms with E-state index < -0.39 is 0 Å². The number of nitrogens with one attached hydrogen (secondary N) is 1. The molecule has 1 heterocycles. The Morgan fingerprint density at radius 3 is 2.26 bits per heavy atom. The smallest absolute Gasteiger partial charge is 0.234 e. The Kier molecular flexibility index (Phi) is 8.87. The zero-order valence-electron chi connectivity index (χ0n) is 14.1. The van der Waals surface area contributed by atoms with Gasteiger partial charge in [0.1, 0.15) is 0 Å². The molecule has 2 aliphatic rings. The van der Waals surface area contributed by atoms with Gasteiger partial charge in [-0.2, -0.15) is 0 Å². The zero-order chi connectivity index (χ0) is 15.9. The van der Waals surface area contributed by atoms with E-state index in [9.17, 15) is 9.59 Å². The van der Waals surface area contributed by atoms with E-state index in [-0.39, 0.29) is 24.2 Å². The van der Waals surface area contributed by atoms with Crippen molar-refractivity contribution in [1.29, 1.82) is 0 Å². The minimum atomic E-state index is 0. The van der Waals surface area contributed by atoms with Gasteiger partial charge >= 0.3 is 0 Å². The maximum Gasteiger partial charge on any atom is 0.234 e. The van der Waals surface area contributed by atoms with E-state index >= 15 is 0 Å². The second kappa shape index (κ2) is 10.1. The quantitative estimate of drug-likeness (QED) is 0.764. The van der Waals surface area contributed by atoms with Crippen LogP contribution in [0.15, 0.2) is 0 Å². The third kappa shape index (κ3) is 6.65. The van der Waals surface area contributed by atoms with Crippen molar-refractivity contribution in [2.45, 2.75) is 45.1 Å². The molecule has 2 amide bonds. The van der Waals surface area contributed by atoms with Gasteiger partial charge in [0, 0.05) is 45.2 Å². The van der Waals surface area contributed by atoms with Gasteiger partial charge in [0.05, 0.1) is 6.54 Å². The Morgan fingerprint density at radius 2 is 1.70 bits per heavy atom. The highest BCUT2D eigenvalue weighted by Gasteiger charge is 2.24. The van der Waals surface area contributed by atoms with Gasteiger partial charge in [-0.1, -0.05) is 6.92 Å². The maximum absolute atomic E-state index is 12.1. The van der Waals surface area contributed by atoms with Gasteiger partial charge in [-0.25, -0.2) is 0 Å². The Labute approximate surface area is 145 Å². The highest BCUT2D eigenvalue weighted by Crippen LogP contribution is 2.23. The highest BCUT2D eigenvalue weighted by molar-refractivity contribution is 5.85. The van der Waals surface area contributed by atoms with Crippen molar-refractivity contribution in [3.63, 3.8) is 0 Å². The summed E-state index contributed by atoms with van der Waals surface area (Å²) in [5, 5.41) is 3.16. The van der Waals surface area contributed by atoms with Crippen LogP contribution in [0.5, 0.6) is 0 Å². The Balaban J connectivity index is 0.00000264. The number of hydrogen-bond donors (Lipinski definition) is 2. The Bertz CT molecular complexity index is 378. The van der Waals surface area contributed by atoms with E-state index in [0.29, 0.717) is 38.6 Å². The summed E-state index contributed by atoms with van der Waals surface area (Å²) in [6.45, 7) is 6.08. The molecule has 6 nitrogen and oxygen atoms in total. The lowest BCUT2D eigenvalue weighted by atomic mass is 9.87. The van der Waals surface area contributed by atoms with E-state index in [4.69, 9.17) is 5.73 Å². The molecule has 2 rings (SSSR count). The van der Waals surface area contributed by atoms with Gasteiger partial charge in [-0.3, -0.25) is 14.5 Å². The lowest BCUT2D eigenvalue weighted by Crippen LogP contribution is -2.52. The molecule has 2 fully saturated rings. The number of nitrogens with two attached hydrogens (primary N) is 1. The summed E-state index contributed by atoms with van der Waals surface area (Å²) in [5.74, 6) is 1.05. The lowest BCUT2D eigenvalue weighted by Gasteiger charge is -2.35. The van der Waals surface area contributed by atoms with Crippen LogP contribution in [0, 0.1) is 5.92 Å². The van der Waals surface area contributed by atoms with Crippen molar-refractivity contribution >= 4 is 24.2 Å². The lowest BCUT2D eigenvalue weighted by molar-refractivity contribution is -0.133. The average molecular weight is 347 g/mol. The monoisotopic (exact) mass is 346 g/mol. The predicted molar refractivity (Wildman–Crippen MR) is 93.5 cm³/mol. The van der Waals surface area contributed by atoms with Crippen LogP contribution in [0.25, 0.3) is 0 Å². The van der Waals surface area contributed by atoms with Gasteiger partial charge in [0.25, 0.3) is 0 Å². The number of piperazine rings is 1. The van der Waals surface area contributed by atoms with Gasteiger partial charge in [-0.05, 0) is 31.6 Å². The van der Waals surface area contributed by atoms with Crippen molar-refractivity contribution in [1.82, 2.24) is 15.1 Å². The van der Waals surface area contributed by atoms with Crippen molar-refractivity contribution < 1.29 is 9.59 Å². The first-order valence-corrected chi connectivity index (χ1v) is 8.58. The number of halogens is 1. The number of carbonyl (C=O) groups is 2. The summed E-state index contributed by atoms with van der Waals surface area (Å²) in [6.07, 6.45) is 5.06. The minimum absolute atomic E-state index is 0. The fourth-order valence-electron chi connectivity index (χ4n) is 3.32. The first-order chi connectivity index (χ1) is 10.6. The van der Waals surface area contributed by atoms with E-state index in [1.807, 2.05) is 4.90 Å². The van der Waals surface area contributed by atoms with Crippen LogP contribution >= 0.6 is 12.4 Å².